The number of nitrogens with one attached hydrogen (secondary N) is 1. The highest BCUT2D eigenvalue weighted by molar-refractivity contribution is 6.02. The lowest BCUT2D eigenvalue weighted by Gasteiger charge is -2.45. The van der Waals surface area contributed by atoms with E-state index in [1.165, 1.54) is 16.7 Å². The molecule has 2 atom stereocenters. The molecule has 2 amide bonds. The molecule has 1 N–H and O–H groups in total. The van der Waals surface area contributed by atoms with Crippen molar-refractivity contribution >= 4 is 11.8 Å². The Hall–Kier alpha value is -3.84. The van der Waals surface area contributed by atoms with Crippen LogP contribution in [0.5, 0.6) is 11.5 Å². The van der Waals surface area contributed by atoms with Crippen LogP contribution < -0.4 is 14.8 Å². The predicted octanol–water partition coefficient (Wildman–Crippen LogP) is 4.11. The van der Waals surface area contributed by atoms with Gasteiger partial charge in [-0.1, -0.05) is 48.5 Å². The van der Waals surface area contributed by atoms with Gasteiger partial charge in [0.2, 0.25) is 5.91 Å². The van der Waals surface area contributed by atoms with Crippen LogP contribution >= 0.6 is 0 Å². The van der Waals surface area contributed by atoms with Crippen LogP contribution in [0.2, 0.25) is 0 Å². The molecule has 0 bridgehead atoms. The van der Waals surface area contributed by atoms with Crippen molar-refractivity contribution in [1.82, 2.24) is 15.1 Å². The second-order valence-electron chi connectivity index (χ2n) is 10.6. The first-order chi connectivity index (χ1) is 19.1. The smallest absolute Gasteiger partial charge is 0.254 e. The van der Waals surface area contributed by atoms with E-state index in [0.717, 1.165) is 44.5 Å². The third-order valence-electron chi connectivity index (χ3n) is 8.47. The van der Waals surface area contributed by atoms with E-state index >= 15 is 0 Å². The molecular weight excluding hydrogens is 490 g/mol. The number of amides is 2. The van der Waals surface area contributed by atoms with Gasteiger partial charge in [0.1, 0.15) is 0 Å². The lowest BCUT2D eigenvalue weighted by molar-refractivity contribution is -0.124. The summed E-state index contributed by atoms with van der Waals surface area (Å²) in [7, 11) is 3.13. The van der Waals surface area contributed by atoms with Crippen LogP contribution in [-0.4, -0.2) is 62.0 Å². The van der Waals surface area contributed by atoms with Crippen LogP contribution in [-0.2, 0) is 24.2 Å². The Kier molecular flexibility index (Phi) is 7.00. The van der Waals surface area contributed by atoms with Gasteiger partial charge in [-0.25, -0.2) is 0 Å². The molecule has 0 saturated heterocycles. The average molecular weight is 526 g/mol. The zero-order valence-electron chi connectivity index (χ0n) is 22.6. The molecule has 3 aromatic rings. The van der Waals surface area contributed by atoms with Gasteiger partial charge < -0.3 is 19.7 Å². The maximum Gasteiger partial charge on any atom is 0.254 e. The van der Waals surface area contributed by atoms with Gasteiger partial charge in [-0.2, -0.15) is 0 Å². The van der Waals surface area contributed by atoms with Crippen molar-refractivity contribution in [2.45, 2.75) is 37.8 Å². The molecule has 0 aromatic heterocycles. The standard InChI is InChI=1S/C32H35N3O4/c1-38-27-18-25-26(19-28(27)39-2)32(37)35-17-13-22-9-5-6-11-24(22)30(35)29(25)31(36)33-14-7-15-34-16-12-21-8-3-4-10-23(21)20-34/h3-6,8-11,18-19,29-30H,7,12-17,20H2,1-2H3,(H,33,36)/t29-,30+/m0/s1. The molecule has 0 saturated carbocycles. The molecule has 7 heteroatoms. The molecule has 0 fully saturated rings. The van der Waals surface area contributed by atoms with Crippen molar-refractivity contribution in [2.24, 2.45) is 0 Å². The van der Waals surface area contributed by atoms with Crippen molar-refractivity contribution in [3.8, 4) is 11.5 Å². The highest BCUT2D eigenvalue weighted by Gasteiger charge is 2.46. The fraction of sp³-hybridized carbons (Fsp3) is 0.375. The van der Waals surface area contributed by atoms with Crippen LogP contribution in [0.4, 0.5) is 0 Å². The highest BCUT2D eigenvalue weighted by Crippen LogP contribution is 2.48. The van der Waals surface area contributed by atoms with Crippen molar-refractivity contribution in [3.05, 3.63) is 94.0 Å². The number of nitrogens with zero attached hydrogens (tertiary/aromatic N) is 2. The highest BCUT2D eigenvalue weighted by atomic mass is 16.5. The van der Waals surface area contributed by atoms with Crippen LogP contribution in [0.3, 0.4) is 0 Å². The van der Waals surface area contributed by atoms with E-state index in [9.17, 15) is 9.59 Å². The first-order valence-corrected chi connectivity index (χ1v) is 13.8. The molecule has 3 aliphatic heterocycles. The Balaban J connectivity index is 1.24. The minimum atomic E-state index is -0.541. The summed E-state index contributed by atoms with van der Waals surface area (Å²) in [5, 5.41) is 3.22. The van der Waals surface area contributed by atoms with Gasteiger partial charge in [-0.15, -0.1) is 0 Å². The SMILES string of the molecule is COc1cc2c(cc1OC)[C@H](C(=O)NCCCN1CCc3ccccc3C1)[C@H]1c3ccccc3CCN1C2=O. The van der Waals surface area contributed by atoms with E-state index in [2.05, 4.69) is 46.6 Å². The third kappa shape index (κ3) is 4.65. The van der Waals surface area contributed by atoms with E-state index < -0.39 is 5.92 Å². The van der Waals surface area contributed by atoms with Gasteiger partial charge in [-0.05, 0) is 59.2 Å². The Morgan fingerprint density at radius 2 is 1.59 bits per heavy atom. The maximum absolute atomic E-state index is 14.0. The molecule has 202 valence electrons. The van der Waals surface area contributed by atoms with Crippen molar-refractivity contribution in [1.29, 1.82) is 0 Å². The summed E-state index contributed by atoms with van der Waals surface area (Å²) >= 11 is 0. The van der Waals surface area contributed by atoms with Gasteiger partial charge in [-0.3, -0.25) is 14.5 Å². The Bertz CT molecular complexity index is 1400. The monoisotopic (exact) mass is 525 g/mol. The predicted molar refractivity (Wildman–Crippen MR) is 149 cm³/mol. The molecule has 3 aromatic carbocycles. The van der Waals surface area contributed by atoms with Crippen molar-refractivity contribution in [3.63, 3.8) is 0 Å². The van der Waals surface area contributed by atoms with E-state index in [1.54, 1.807) is 20.3 Å². The number of methoxy groups -OCH3 is 2. The lowest BCUT2D eigenvalue weighted by atomic mass is 9.75. The fourth-order valence-electron chi connectivity index (χ4n) is 6.50. The Labute approximate surface area is 229 Å². The summed E-state index contributed by atoms with van der Waals surface area (Å²) in [4.78, 5) is 32.0. The number of ether oxygens (including phenoxy) is 2. The molecule has 0 radical (unpaired) electrons. The molecule has 3 heterocycles. The lowest BCUT2D eigenvalue weighted by Crippen LogP contribution is -2.50. The zero-order chi connectivity index (χ0) is 26.9. The number of fused-ring (bicyclic) bond motifs is 5. The summed E-state index contributed by atoms with van der Waals surface area (Å²) in [6.45, 7) is 4.08. The normalized spacial score (nSPS) is 19.8. The molecule has 0 spiro atoms. The molecule has 6 rings (SSSR count). The molecule has 0 unspecified atom stereocenters. The maximum atomic E-state index is 14.0. The summed E-state index contributed by atoms with van der Waals surface area (Å²) in [6, 6.07) is 20.0. The minimum Gasteiger partial charge on any atom is -0.493 e. The van der Waals surface area contributed by atoms with Gasteiger partial charge >= 0.3 is 0 Å². The number of carbonyl (C=O) groups excluding carboxylic acids is 2. The van der Waals surface area contributed by atoms with E-state index in [-0.39, 0.29) is 17.9 Å². The minimum absolute atomic E-state index is 0.0633. The molecule has 0 aliphatic carbocycles. The van der Waals surface area contributed by atoms with Gasteiger partial charge in [0.05, 0.1) is 26.2 Å². The summed E-state index contributed by atoms with van der Waals surface area (Å²) < 4.78 is 11.1. The van der Waals surface area contributed by atoms with Gasteiger partial charge in [0.15, 0.2) is 11.5 Å². The second-order valence-corrected chi connectivity index (χ2v) is 10.6. The van der Waals surface area contributed by atoms with Crippen molar-refractivity contribution < 1.29 is 19.1 Å². The summed E-state index contributed by atoms with van der Waals surface area (Å²) in [5.41, 5.74) is 6.29. The Morgan fingerprint density at radius 3 is 2.38 bits per heavy atom. The molecular formula is C32H35N3O4. The summed E-state index contributed by atoms with van der Waals surface area (Å²) in [5.74, 6) is 0.333. The molecule has 39 heavy (non-hydrogen) atoms. The second kappa shape index (κ2) is 10.7. The summed E-state index contributed by atoms with van der Waals surface area (Å²) in [6.07, 6.45) is 2.70. The van der Waals surface area contributed by atoms with Crippen LogP contribution in [0.1, 0.15) is 56.6 Å². The van der Waals surface area contributed by atoms with E-state index in [4.69, 9.17) is 9.47 Å². The Morgan fingerprint density at radius 1 is 0.897 bits per heavy atom. The van der Waals surface area contributed by atoms with E-state index in [0.29, 0.717) is 35.7 Å². The quantitative estimate of drug-likeness (QED) is 0.471. The first-order valence-electron chi connectivity index (χ1n) is 13.8. The number of rotatable bonds is 7. The number of hydrogen-bond acceptors (Lipinski definition) is 5. The number of benzene rings is 3. The van der Waals surface area contributed by atoms with Crippen LogP contribution in [0.15, 0.2) is 60.7 Å². The topological polar surface area (TPSA) is 71.1 Å². The van der Waals surface area contributed by atoms with Crippen LogP contribution in [0.25, 0.3) is 0 Å². The third-order valence-corrected chi connectivity index (χ3v) is 8.47. The van der Waals surface area contributed by atoms with Gasteiger partial charge in [0, 0.05) is 38.3 Å². The number of carbonyl (C=O) groups is 2. The average Bonchev–Trinajstić information content (AvgIpc) is 2.98. The van der Waals surface area contributed by atoms with Crippen molar-refractivity contribution in [2.75, 3.05) is 40.4 Å². The molecule has 7 nitrogen and oxygen atoms in total. The zero-order valence-corrected chi connectivity index (χ0v) is 22.6. The van der Waals surface area contributed by atoms with E-state index in [1.807, 2.05) is 23.1 Å². The van der Waals surface area contributed by atoms with Gasteiger partial charge in [0.25, 0.3) is 5.91 Å². The largest absolute Gasteiger partial charge is 0.493 e. The first kappa shape index (κ1) is 25.4. The van der Waals surface area contributed by atoms with Crippen LogP contribution in [0, 0.1) is 0 Å². The fourth-order valence-corrected chi connectivity index (χ4v) is 6.50. The molecule has 3 aliphatic rings. The number of hydrogen-bond donors (Lipinski definition) is 1.